The molecule has 146 valence electrons. The first-order chi connectivity index (χ1) is 11.6. The number of morpholine rings is 1. The smallest absolute Gasteiger partial charge is 0.223 e. The molecular formula is C17H34IN5O2. The van der Waals surface area contributed by atoms with Gasteiger partial charge in [-0.2, -0.15) is 0 Å². The average molecular weight is 467 g/mol. The van der Waals surface area contributed by atoms with Gasteiger partial charge >= 0.3 is 0 Å². The maximum absolute atomic E-state index is 11.6. The highest BCUT2D eigenvalue weighted by Crippen LogP contribution is 2.28. The van der Waals surface area contributed by atoms with Crippen molar-refractivity contribution in [1.82, 2.24) is 20.9 Å². The van der Waals surface area contributed by atoms with Crippen molar-refractivity contribution >= 4 is 35.8 Å². The number of hydrogen-bond donors (Lipinski definition) is 3. The first-order valence-electron chi connectivity index (χ1n) is 9.14. The van der Waals surface area contributed by atoms with Crippen molar-refractivity contribution in [3.8, 4) is 0 Å². The summed E-state index contributed by atoms with van der Waals surface area (Å²) in [6.07, 6.45) is 2.26. The van der Waals surface area contributed by atoms with Crippen molar-refractivity contribution in [2.24, 2.45) is 16.8 Å². The molecule has 0 aromatic rings. The first-order valence-corrected chi connectivity index (χ1v) is 9.14. The van der Waals surface area contributed by atoms with Gasteiger partial charge in [0, 0.05) is 52.2 Å². The second kappa shape index (κ2) is 11.9. The van der Waals surface area contributed by atoms with Gasteiger partial charge in [-0.15, -0.1) is 24.0 Å². The molecular weight excluding hydrogens is 433 g/mol. The maximum Gasteiger partial charge on any atom is 0.223 e. The van der Waals surface area contributed by atoms with Gasteiger partial charge in [0.15, 0.2) is 5.96 Å². The Labute approximate surface area is 168 Å². The van der Waals surface area contributed by atoms with E-state index in [1.807, 2.05) is 0 Å². The monoisotopic (exact) mass is 467 g/mol. The molecule has 1 heterocycles. The number of guanidine groups is 1. The normalized spacial score (nSPS) is 21.6. The first kappa shape index (κ1) is 22.4. The molecule has 2 fully saturated rings. The summed E-state index contributed by atoms with van der Waals surface area (Å²) in [7, 11) is 1.75. The Balaban J connectivity index is 0.00000312. The zero-order valence-corrected chi connectivity index (χ0v) is 18.0. The molecule has 1 atom stereocenters. The topological polar surface area (TPSA) is 78.0 Å². The number of amides is 1. The molecule has 3 N–H and O–H groups in total. The standard InChI is InChI=1S/C17H33N5O2.HI/c1-13(2)11-22-8-9-24-15(12-22)10-21-17(18-3)20-7-6-19-16(23)14-4-5-14;/h13-15H,4-12H2,1-3H3,(H,19,23)(H2,18,20,21);1H. The molecule has 0 spiro atoms. The molecule has 0 radical (unpaired) electrons. The van der Waals surface area contributed by atoms with E-state index in [1.54, 1.807) is 7.05 Å². The third-order valence-electron chi connectivity index (χ3n) is 4.23. The van der Waals surface area contributed by atoms with Crippen molar-refractivity contribution in [2.75, 3.05) is 52.9 Å². The Morgan fingerprint density at radius 1 is 1.24 bits per heavy atom. The van der Waals surface area contributed by atoms with E-state index in [2.05, 4.69) is 39.7 Å². The highest BCUT2D eigenvalue weighted by Gasteiger charge is 2.29. The fourth-order valence-corrected chi connectivity index (χ4v) is 2.87. The zero-order chi connectivity index (χ0) is 17.4. The summed E-state index contributed by atoms with van der Waals surface area (Å²) in [5.41, 5.74) is 0. The summed E-state index contributed by atoms with van der Waals surface area (Å²) >= 11 is 0. The maximum atomic E-state index is 11.6. The van der Waals surface area contributed by atoms with Crippen molar-refractivity contribution in [2.45, 2.75) is 32.8 Å². The predicted octanol–water partition coefficient (Wildman–Crippen LogP) is 0.652. The van der Waals surface area contributed by atoms with Crippen molar-refractivity contribution < 1.29 is 9.53 Å². The van der Waals surface area contributed by atoms with E-state index in [4.69, 9.17) is 4.74 Å². The summed E-state index contributed by atoms with van der Waals surface area (Å²) < 4.78 is 5.83. The van der Waals surface area contributed by atoms with E-state index in [0.717, 1.165) is 51.6 Å². The molecule has 1 unspecified atom stereocenters. The van der Waals surface area contributed by atoms with E-state index < -0.39 is 0 Å². The fourth-order valence-electron chi connectivity index (χ4n) is 2.87. The quantitative estimate of drug-likeness (QED) is 0.212. The van der Waals surface area contributed by atoms with Crippen LogP contribution in [0.15, 0.2) is 4.99 Å². The van der Waals surface area contributed by atoms with Gasteiger partial charge in [0.2, 0.25) is 5.91 Å². The Bertz CT molecular complexity index is 429. The molecule has 0 aromatic heterocycles. The molecule has 0 bridgehead atoms. The van der Waals surface area contributed by atoms with Gasteiger partial charge in [0.25, 0.3) is 0 Å². The van der Waals surface area contributed by atoms with Gasteiger partial charge in [-0.1, -0.05) is 13.8 Å². The molecule has 0 aromatic carbocycles. The Morgan fingerprint density at radius 3 is 2.60 bits per heavy atom. The van der Waals surface area contributed by atoms with Crippen LogP contribution >= 0.6 is 24.0 Å². The predicted molar refractivity (Wildman–Crippen MR) is 112 cm³/mol. The molecule has 25 heavy (non-hydrogen) atoms. The van der Waals surface area contributed by atoms with Crippen molar-refractivity contribution in [1.29, 1.82) is 0 Å². The molecule has 8 heteroatoms. The molecule has 2 rings (SSSR count). The van der Waals surface area contributed by atoms with E-state index >= 15 is 0 Å². The molecule has 7 nitrogen and oxygen atoms in total. The lowest BCUT2D eigenvalue weighted by Gasteiger charge is -2.34. The highest BCUT2D eigenvalue weighted by molar-refractivity contribution is 14.0. The number of rotatable bonds is 8. The highest BCUT2D eigenvalue weighted by atomic mass is 127. The van der Waals surface area contributed by atoms with Gasteiger partial charge in [-0.05, 0) is 18.8 Å². The summed E-state index contributed by atoms with van der Waals surface area (Å²) in [6, 6.07) is 0. The lowest BCUT2D eigenvalue weighted by molar-refractivity contribution is -0.122. The van der Waals surface area contributed by atoms with Crippen LogP contribution in [0.5, 0.6) is 0 Å². The summed E-state index contributed by atoms with van der Waals surface area (Å²) in [4.78, 5) is 18.2. The number of halogens is 1. The SMILES string of the molecule is CN=C(NCCNC(=O)C1CC1)NCC1CN(CC(C)C)CCO1.I. The number of carbonyl (C=O) groups is 1. The second-order valence-corrected chi connectivity index (χ2v) is 7.09. The van der Waals surface area contributed by atoms with Crippen molar-refractivity contribution in [3.05, 3.63) is 0 Å². The fraction of sp³-hybridized carbons (Fsp3) is 0.882. The van der Waals surface area contributed by atoms with Crippen LogP contribution in [-0.2, 0) is 9.53 Å². The summed E-state index contributed by atoms with van der Waals surface area (Å²) in [5.74, 6) is 1.87. The third kappa shape index (κ3) is 9.05. The Kier molecular flexibility index (Phi) is 10.7. The second-order valence-electron chi connectivity index (χ2n) is 7.09. The van der Waals surface area contributed by atoms with Crippen molar-refractivity contribution in [3.63, 3.8) is 0 Å². The van der Waals surface area contributed by atoms with Crippen LogP contribution in [-0.4, -0.2) is 75.8 Å². The van der Waals surface area contributed by atoms with Gasteiger partial charge in [-0.25, -0.2) is 0 Å². The van der Waals surface area contributed by atoms with Crippen LogP contribution in [0, 0.1) is 11.8 Å². The van der Waals surface area contributed by atoms with Crippen LogP contribution in [0.3, 0.4) is 0 Å². The number of nitrogens with one attached hydrogen (secondary N) is 3. The molecule has 1 aliphatic carbocycles. The van der Waals surface area contributed by atoms with Crippen LogP contribution in [0.25, 0.3) is 0 Å². The zero-order valence-electron chi connectivity index (χ0n) is 15.7. The molecule has 2 aliphatic rings. The average Bonchev–Trinajstić information content (AvgIpc) is 3.38. The molecule has 1 aliphatic heterocycles. The van der Waals surface area contributed by atoms with Crippen LogP contribution < -0.4 is 16.0 Å². The lowest BCUT2D eigenvalue weighted by atomic mass is 10.2. The van der Waals surface area contributed by atoms with Gasteiger partial charge < -0.3 is 20.7 Å². The number of ether oxygens (including phenoxy) is 1. The lowest BCUT2D eigenvalue weighted by Crippen LogP contribution is -2.50. The minimum Gasteiger partial charge on any atom is -0.374 e. The van der Waals surface area contributed by atoms with Crippen LogP contribution in [0.2, 0.25) is 0 Å². The molecule has 1 amide bonds. The Morgan fingerprint density at radius 2 is 1.96 bits per heavy atom. The molecule has 1 saturated carbocycles. The Hall–Kier alpha value is -0.610. The van der Waals surface area contributed by atoms with E-state index in [0.29, 0.717) is 19.0 Å². The summed E-state index contributed by atoms with van der Waals surface area (Å²) in [6.45, 7) is 10.4. The van der Waals surface area contributed by atoms with Gasteiger partial charge in [0.1, 0.15) is 0 Å². The largest absolute Gasteiger partial charge is 0.374 e. The number of carbonyl (C=O) groups excluding carboxylic acids is 1. The van der Waals surface area contributed by atoms with E-state index in [1.165, 1.54) is 0 Å². The van der Waals surface area contributed by atoms with E-state index in [-0.39, 0.29) is 41.9 Å². The van der Waals surface area contributed by atoms with Gasteiger partial charge in [0.05, 0.1) is 12.7 Å². The van der Waals surface area contributed by atoms with Gasteiger partial charge in [-0.3, -0.25) is 14.7 Å². The number of aliphatic imine (C=N–C) groups is 1. The third-order valence-corrected chi connectivity index (χ3v) is 4.23. The minimum atomic E-state index is 0. The summed E-state index contributed by atoms with van der Waals surface area (Å²) in [5, 5.41) is 9.47. The number of nitrogens with zero attached hydrogens (tertiary/aromatic N) is 2. The number of hydrogen-bond acceptors (Lipinski definition) is 4. The molecule has 1 saturated heterocycles. The van der Waals surface area contributed by atoms with E-state index in [9.17, 15) is 4.79 Å². The van der Waals surface area contributed by atoms with Crippen LogP contribution in [0.1, 0.15) is 26.7 Å². The van der Waals surface area contributed by atoms with Crippen LogP contribution in [0.4, 0.5) is 0 Å². The minimum absolute atomic E-state index is 0.